The smallest absolute Gasteiger partial charge is 0.226 e. The summed E-state index contributed by atoms with van der Waals surface area (Å²) in [5.74, 6) is 0.759. The highest BCUT2D eigenvalue weighted by Gasteiger charge is 2.23. The Morgan fingerprint density at radius 1 is 1.18 bits per heavy atom. The molecule has 0 radical (unpaired) electrons. The lowest BCUT2D eigenvalue weighted by molar-refractivity contribution is -0.116. The molecule has 1 aliphatic heterocycles. The van der Waals surface area contributed by atoms with Crippen molar-refractivity contribution in [2.24, 2.45) is 0 Å². The van der Waals surface area contributed by atoms with Crippen LogP contribution in [-0.2, 0) is 17.6 Å². The molecule has 1 fully saturated rings. The Labute approximate surface area is 169 Å². The molecule has 0 saturated carbocycles. The molecule has 0 spiro atoms. The van der Waals surface area contributed by atoms with Gasteiger partial charge < -0.3 is 10.2 Å². The van der Waals surface area contributed by atoms with E-state index in [1.54, 1.807) is 23.7 Å². The molecule has 2 aromatic rings. The van der Waals surface area contributed by atoms with Crippen LogP contribution in [0.2, 0.25) is 0 Å². The number of carbonyl (C=O) groups is 1. The van der Waals surface area contributed by atoms with Gasteiger partial charge in [0.15, 0.2) is 0 Å². The molecule has 7 nitrogen and oxygen atoms in total. The fraction of sp³-hybridized carbons (Fsp3) is 0.500. The van der Waals surface area contributed by atoms with Crippen LogP contribution in [0.3, 0.4) is 0 Å². The molecule has 3 heterocycles. The number of hydrogen-bond acceptors (Lipinski definition) is 7. The van der Waals surface area contributed by atoms with Crippen LogP contribution < -0.4 is 10.2 Å². The van der Waals surface area contributed by atoms with E-state index in [4.69, 9.17) is 0 Å². The first kappa shape index (κ1) is 18.8. The summed E-state index contributed by atoms with van der Waals surface area (Å²) in [6.45, 7) is 4.23. The van der Waals surface area contributed by atoms with Crippen molar-refractivity contribution in [3.05, 3.63) is 34.5 Å². The number of aryl methyl sites for hydroxylation is 1. The minimum atomic E-state index is -0.0103. The molecular formula is C20H24N6OS. The molecular weight excluding hydrogens is 372 g/mol. The van der Waals surface area contributed by atoms with Crippen LogP contribution in [0.25, 0.3) is 0 Å². The Morgan fingerprint density at radius 2 is 1.93 bits per heavy atom. The fourth-order valence-electron chi connectivity index (χ4n) is 3.85. The molecule has 146 valence electrons. The number of amides is 1. The summed E-state index contributed by atoms with van der Waals surface area (Å²) in [7, 11) is 0. The maximum absolute atomic E-state index is 12.5. The van der Waals surface area contributed by atoms with Crippen molar-refractivity contribution in [1.82, 2.24) is 14.9 Å². The zero-order chi connectivity index (χ0) is 19.3. The lowest BCUT2D eigenvalue weighted by Crippen LogP contribution is -2.47. The van der Waals surface area contributed by atoms with Crippen LogP contribution in [-0.4, -0.2) is 53.5 Å². The van der Waals surface area contributed by atoms with Gasteiger partial charge in [0, 0.05) is 56.4 Å². The van der Waals surface area contributed by atoms with Gasteiger partial charge in [-0.1, -0.05) is 0 Å². The highest BCUT2D eigenvalue weighted by Crippen LogP contribution is 2.37. The van der Waals surface area contributed by atoms with E-state index in [-0.39, 0.29) is 5.91 Å². The third kappa shape index (κ3) is 4.16. The number of anilines is 2. The molecule has 0 aromatic carbocycles. The van der Waals surface area contributed by atoms with Crippen LogP contribution in [0, 0.1) is 11.3 Å². The zero-order valence-corrected chi connectivity index (χ0v) is 16.7. The number of carbonyl (C=O) groups excluding carboxylic acids is 1. The van der Waals surface area contributed by atoms with E-state index >= 15 is 0 Å². The highest BCUT2D eigenvalue weighted by atomic mass is 32.1. The Balaban J connectivity index is 1.27. The normalized spacial score (nSPS) is 17.0. The first-order valence-electron chi connectivity index (χ1n) is 9.83. The van der Waals surface area contributed by atoms with E-state index in [1.807, 2.05) is 6.07 Å². The average Bonchev–Trinajstić information content (AvgIpc) is 3.10. The lowest BCUT2D eigenvalue weighted by Gasteiger charge is -2.34. The van der Waals surface area contributed by atoms with E-state index in [2.05, 4.69) is 31.2 Å². The number of hydrogen-bond donors (Lipinski definition) is 1. The molecule has 0 atom stereocenters. The van der Waals surface area contributed by atoms with Crippen LogP contribution in [0.1, 0.15) is 35.3 Å². The minimum absolute atomic E-state index is 0.0103. The van der Waals surface area contributed by atoms with Gasteiger partial charge in [0.1, 0.15) is 11.1 Å². The van der Waals surface area contributed by atoms with Gasteiger partial charge in [0.2, 0.25) is 11.9 Å². The van der Waals surface area contributed by atoms with Gasteiger partial charge in [0.25, 0.3) is 0 Å². The van der Waals surface area contributed by atoms with Gasteiger partial charge in [-0.2, -0.15) is 5.26 Å². The molecule has 0 unspecified atom stereocenters. The van der Waals surface area contributed by atoms with Crippen LogP contribution >= 0.6 is 11.3 Å². The quantitative estimate of drug-likeness (QED) is 0.836. The van der Waals surface area contributed by atoms with Crippen molar-refractivity contribution in [2.45, 2.75) is 32.1 Å². The Hall–Kier alpha value is -2.50. The summed E-state index contributed by atoms with van der Waals surface area (Å²) < 4.78 is 0. The standard InChI is InChI=1S/C20H24N6OS/c21-14-16-15-4-1-2-5-17(15)28-19(16)24-18(27)6-9-25-10-12-26(13-11-25)20-22-7-3-8-23-20/h3,7-8H,1-2,4-6,9-13H2,(H,24,27). The number of thiophene rings is 1. The second-order valence-electron chi connectivity index (χ2n) is 7.20. The van der Waals surface area contributed by atoms with E-state index in [1.165, 1.54) is 11.3 Å². The van der Waals surface area contributed by atoms with Crippen molar-refractivity contribution < 1.29 is 4.79 Å². The highest BCUT2D eigenvalue weighted by molar-refractivity contribution is 7.16. The fourth-order valence-corrected chi connectivity index (χ4v) is 5.10. The third-order valence-corrected chi connectivity index (χ3v) is 6.61. The second kappa shape index (κ2) is 8.67. The maximum atomic E-state index is 12.5. The van der Waals surface area contributed by atoms with E-state index in [0.717, 1.165) is 68.5 Å². The molecule has 1 aliphatic carbocycles. The molecule has 8 heteroatoms. The summed E-state index contributed by atoms with van der Waals surface area (Å²) in [6.07, 6.45) is 8.25. The molecule has 1 saturated heterocycles. The van der Waals surface area contributed by atoms with Gasteiger partial charge in [-0.05, 0) is 37.3 Å². The average molecular weight is 397 g/mol. The van der Waals surface area contributed by atoms with Crippen LogP contribution in [0.15, 0.2) is 18.5 Å². The van der Waals surface area contributed by atoms with Crippen molar-refractivity contribution in [2.75, 3.05) is 42.9 Å². The first-order chi connectivity index (χ1) is 13.7. The van der Waals surface area contributed by atoms with Gasteiger partial charge >= 0.3 is 0 Å². The van der Waals surface area contributed by atoms with E-state index < -0.39 is 0 Å². The van der Waals surface area contributed by atoms with E-state index in [9.17, 15) is 10.1 Å². The molecule has 28 heavy (non-hydrogen) atoms. The molecule has 0 bridgehead atoms. The Morgan fingerprint density at radius 3 is 2.68 bits per heavy atom. The topological polar surface area (TPSA) is 85.2 Å². The second-order valence-corrected chi connectivity index (χ2v) is 8.31. The maximum Gasteiger partial charge on any atom is 0.226 e. The number of nitriles is 1. The number of nitrogens with one attached hydrogen (secondary N) is 1. The van der Waals surface area contributed by atoms with Crippen LogP contribution in [0.5, 0.6) is 0 Å². The first-order valence-corrected chi connectivity index (χ1v) is 10.6. The minimum Gasteiger partial charge on any atom is -0.338 e. The number of nitrogens with zero attached hydrogens (tertiary/aromatic N) is 5. The van der Waals surface area contributed by atoms with E-state index in [0.29, 0.717) is 12.0 Å². The molecule has 4 rings (SSSR count). The van der Waals surface area contributed by atoms with Gasteiger partial charge in [0.05, 0.1) is 5.56 Å². The molecule has 1 N–H and O–H groups in total. The van der Waals surface area contributed by atoms with Crippen molar-refractivity contribution in [3.8, 4) is 6.07 Å². The van der Waals surface area contributed by atoms with Crippen molar-refractivity contribution in [1.29, 1.82) is 5.26 Å². The summed E-state index contributed by atoms with van der Waals surface area (Å²) >= 11 is 1.59. The Bertz CT molecular complexity index is 867. The molecule has 1 amide bonds. The van der Waals surface area contributed by atoms with Crippen molar-refractivity contribution in [3.63, 3.8) is 0 Å². The number of aromatic nitrogens is 2. The lowest BCUT2D eigenvalue weighted by atomic mass is 9.96. The molecule has 2 aromatic heterocycles. The Kier molecular flexibility index (Phi) is 5.84. The van der Waals surface area contributed by atoms with Gasteiger partial charge in [-0.15, -0.1) is 11.3 Å². The van der Waals surface area contributed by atoms with Crippen molar-refractivity contribution >= 4 is 28.2 Å². The zero-order valence-electron chi connectivity index (χ0n) is 15.9. The third-order valence-electron chi connectivity index (χ3n) is 5.40. The molecule has 2 aliphatic rings. The monoisotopic (exact) mass is 396 g/mol. The number of fused-ring (bicyclic) bond motifs is 1. The summed E-state index contributed by atoms with van der Waals surface area (Å²) in [4.78, 5) is 26.8. The van der Waals surface area contributed by atoms with Crippen LogP contribution in [0.4, 0.5) is 10.9 Å². The number of piperazine rings is 1. The predicted octanol–water partition coefficient (Wildman–Crippen LogP) is 2.44. The largest absolute Gasteiger partial charge is 0.338 e. The summed E-state index contributed by atoms with van der Waals surface area (Å²) in [6, 6.07) is 4.12. The summed E-state index contributed by atoms with van der Waals surface area (Å²) in [5.41, 5.74) is 1.85. The summed E-state index contributed by atoms with van der Waals surface area (Å²) in [5, 5.41) is 13.2. The predicted molar refractivity (Wildman–Crippen MR) is 110 cm³/mol. The van der Waals surface area contributed by atoms with Gasteiger partial charge in [-0.25, -0.2) is 9.97 Å². The van der Waals surface area contributed by atoms with Gasteiger partial charge in [-0.3, -0.25) is 9.69 Å². The number of rotatable bonds is 5. The SMILES string of the molecule is N#Cc1c(NC(=O)CCN2CCN(c3ncccn3)CC2)sc2c1CCCC2.